The van der Waals surface area contributed by atoms with E-state index in [-0.39, 0.29) is 22.3 Å². The van der Waals surface area contributed by atoms with E-state index in [4.69, 9.17) is 5.73 Å². The molecule has 2 nitrogen and oxygen atoms in total. The maximum Gasteiger partial charge on any atom is 0.0584 e. The van der Waals surface area contributed by atoms with Gasteiger partial charge in [-0.2, -0.15) is 0 Å². The Kier molecular flexibility index (Phi) is 87.8. The number of hydrogen-bond donors (Lipinski definition) is 1. The van der Waals surface area contributed by atoms with Crippen molar-refractivity contribution in [3.05, 3.63) is 0 Å². The third-order valence-electron chi connectivity index (χ3n) is 0.322. The lowest BCUT2D eigenvalue weighted by atomic mass is 10.7. The van der Waals surface area contributed by atoms with Crippen molar-refractivity contribution >= 4 is 0 Å². The number of methoxy groups -OCH3 is 1. The minimum atomic E-state index is 0. The van der Waals surface area contributed by atoms with Crippen molar-refractivity contribution in [2.45, 2.75) is 22.3 Å². The van der Waals surface area contributed by atoms with Crippen molar-refractivity contribution < 1.29 is 4.74 Å². The Morgan fingerprint density at radius 1 is 1.25 bits per heavy atom. The molecule has 0 atom stereocenters. The Morgan fingerprint density at radius 3 is 1.62 bits per heavy atom. The zero-order valence-electron chi connectivity index (χ0n) is 3.40. The predicted octanol–water partition coefficient (Wildman–Crippen LogP) is 1.50. The molecule has 0 aromatic carbocycles. The first-order valence-electron chi connectivity index (χ1n) is 1.61. The van der Waals surface area contributed by atoms with Gasteiger partial charge in [0.25, 0.3) is 0 Å². The van der Waals surface area contributed by atoms with Gasteiger partial charge in [0.1, 0.15) is 0 Å². The van der Waals surface area contributed by atoms with Crippen molar-refractivity contribution in [2.75, 3.05) is 20.3 Å². The SMILES string of the molecule is C.C.C.COCCN. The Labute approximate surface area is 54.0 Å². The van der Waals surface area contributed by atoms with Crippen LogP contribution in [0.15, 0.2) is 0 Å². The van der Waals surface area contributed by atoms with Gasteiger partial charge < -0.3 is 10.5 Å². The van der Waals surface area contributed by atoms with Gasteiger partial charge in [-0.25, -0.2) is 0 Å². The third-order valence-corrected chi connectivity index (χ3v) is 0.322. The van der Waals surface area contributed by atoms with Crippen molar-refractivity contribution in [1.82, 2.24) is 0 Å². The van der Waals surface area contributed by atoms with Crippen molar-refractivity contribution in [3.8, 4) is 0 Å². The quantitative estimate of drug-likeness (QED) is 0.604. The Morgan fingerprint density at radius 2 is 1.62 bits per heavy atom. The van der Waals surface area contributed by atoms with E-state index in [2.05, 4.69) is 4.74 Å². The number of nitrogens with two attached hydrogens (primary N) is 1. The first-order chi connectivity index (χ1) is 2.41. The van der Waals surface area contributed by atoms with Crippen LogP contribution in [0.4, 0.5) is 0 Å². The van der Waals surface area contributed by atoms with E-state index >= 15 is 0 Å². The van der Waals surface area contributed by atoms with Crippen molar-refractivity contribution in [1.29, 1.82) is 0 Å². The summed E-state index contributed by atoms with van der Waals surface area (Å²) in [5.74, 6) is 0. The molecule has 0 unspecified atom stereocenters. The lowest BCUT2D eigenvalue weighted by Gasteiger charge is -1.85. The van der Waals surface area contributed by atoms with Gasteiger partial charge in [-0.15, -0.1) is 0 Å². The van der Waals surface area contributed by atoms with E-state index in [0.717, 1.165) is 0 Å². The fourth-order valence-electron chi connectivity index (χ4n) is 0.118. The van der Waals surface area contributed by atoms with Crippen LogP contribution >= 0.6 is 0 Å². The van der Waals surface area contributed by atoms with Crippen molar-refractivity contribution in [3.63, 3.8) is 0 Å². The van der Waals surface area contributed by atoms with Crippen LogP contribution in [0.2, 0.25) is 0 Å². The normalized spacial score (nSPS) is 5.25. The summed E-state index contributed by atoms with van der Waals surface area (Å²) in [5, 5.41) is 0. The first-order valence-corrected chi connectivity index (χ1v) is 1.61. The number of rotatable bonds is 2. The average Bonchev–Trinajstić information content (AvgIpc) is 1.41. The molecular formula is C6H21NO. The van der Waals surface area contributed by atoms with Gasteiger partial charge in [0, 0.05) is 13.7 Å². The molecule has 0 spiro atoms. The maximum absolute atomic E-state index is 5.01. The first kappa shape index (κ1) is 24.7. The lowest BCUT2D eigenvalue weighted by molar-refractivity contribution is 0.207. The van der Waals surface area contributed by atoms with Crippen LogP contribution < -0.4 is 5.73 Å². The molecule has 0 rings (SSSR count). The zero-order chi connectivity index (χ0) is 4.12. The van der Waals surface area contributed by atoms with Crippen LogP contribution in [0.3, 0.4) is 0 Å². The summed E-state index contributed by atoms with van der Waals surface area (Å²) in [6.45, 7) is 1.29. The molecule has 0 radical (unpaired) electrons. The summed E-state index contributed by atoms with van der Waals surface area (Å²) >= 11 is 0. The molecule has 0 amide bonds. The molecule has 0 saturated carbocycles. The van der Waals surface area contributed by atoms with Gasteiger partial charge in [-0.1, -0.05) is 22.3 Å². The van der Waals surface area contributed by atoms with Gasteiger partial charge in [0.2, 0.25) is 0 Å². The molecule has 0 aliphatic carbocycles. The highest BCUT2D eigenvalue weighted by atomic mass is 16.5. The second kappa shape index (κ2) is 28.4. The molecule has 2 heteroatoms. The smallest absolute Gasteiger partial charge is 0.0584 e. The Bertz CT molecular complexity index is 16.0. The fourth-order valence-corrected chi connectivity index (χ4v) is 0.118. The van der Waals surface area contributed by atoms with Crippen LogP contribution in [0.25, 0.3) is 0 Å². The van der Waals surface area contributed by atoms with E-state index in [0.29, 0.717) is 13.2 Å². The third kappa shape index (κ3) is 38.9. The van der Waals surface area contributed by atoms with Gasteiger partial charge in [-0.3, -0.25) is 0 Å². The summed E-state index contributed by atoms with van der Waals surface area (Å²) in [6.07, 6.45) is 0. The molecule has 0 aliphatic rings. The Balaban J connectivity index is -0.0000000267. The largest absolute Gasteiger partial charge is 0.383 e. The molecule has 0 bridgehead atoms. The topological polar surface area (TPSA) is 35.2 Å². The van der Waals surface area contributed by atoms with E-state index in [1.54, 1.807) is 7.11 Å². The molecule has 0 heterocycles. The summed E-state index contributed by atoms with van der Waals surface area (Å²) < 4.78 is 4.57. The maximum atomic E-state index is 5.01. The minimum absolute atomic E-state index is 0. The molecule has 0 fully saturated rings. The van der Waals surface area contributed by atoms with Crippen molar-refractivity contribution in [2.24, 2.45) is 5.73 Å². The molecule has 8 heavy (non-hydrogen) atoms. The highest BCUT2D eigenvalue weighted by Crippen LogP contribution is 1.53. The van der Waals surface area contributed by atoms with Crippen LogP contribution in [0.5, 0.6) is 0 Å². The van der Waals surface area contributed by atoms with Crippen LogP contribution in [0, 0.1) is 0 Å². The minimum Gasteiger partial charge on any atom is -0.383 e. The highest BCUT2D eigenvalue weighted by Gasteiger charge is 1.65. The highest BCUT2D eigenvalue weighted by molar-refractivity contribution is 4.22. The molecule has 0 saturated heterocycles. The standard InChI is InChI=1S/C3H9NO.3CH4/c1-5-3-2-4;;;/h2-4H2,1H3;3*1H4. The second-order valence-corrected chi connectivity index (χ2v) is 0.781. The molecular weight excluding hydrogens is 102 g/mol. The molecule has 0 aliphatic heterocycles. The van der Waals surface area contributed by atoms with Gasteiger partial charge in [-0.05, 0) is 0 Å². The molecule has 2 N–H and O–H groups in total. The summed E-state index contributed by atoms with van der Waals surface area (Å²) in [5.41, 5.74) is 5.01. The van der Waals surface area contributed by atoms with Crippen LogP contribution in [0.1, 0.15) is 22.3 Å². The molecule has 0 aromatic rings. The van der Waals surface area contributed by atoms with Crippen LogP contribution in [-0.2, 0) is 4.74 Å². The summed E-state index contributed by atoms with van der Waals surface area (Å²) in [4.78, 5) is 0. The zero-order valence-corrected chi connectivity index (χ0v) is 3.40. The molecule has 0 aromatic heterocycles. The van der Waals surface area contributed by atoms with E-state index in [9.17, 15) is 0 Å². The average molecular weight is 123 g/mol. The van der Waals surface area contributed by atoms with Gasteiger partial charge >= 0.3 is 0 Å². The summed E-state index contributed by atoms with van der Waals surface area (Å²) in [7, 11) is 1.63. The van der Waals surface area contributed by atoms with Gasteiger partial charge in [0.15, 0.2) is 0 Å². The Hall–Kier alpha value is -0.0800. The number of ether oxygens (including phenoxy) is 1. The lowest BCUT2D eigenvalue weighted by Crippen LogP contribution is -2.05. The van der Waals surface area contributed by atoms with Gasteiger partial charge in [0.05, 0.1) is 6.61 Å². The van der Waals surface area contributed by atoms with E-state index < -0.39 is 0 Å². The van der Waals surface area contributed by atoms with Crippen LogP contribution in [-0.4, -0.2) is 20.3 Å². The number of hydrogen-bond acceptors (Lipinski definition) is 2. The monoisotopic (exact) mass is 123 g/mol. The summed E-state index contributed by atoms with van der Waals surface area (Å²) in [6, 6.07) is 0. The van der Waals surface area contributed by atoms with E-state index in [1.165, 1.54) is 0 Å². The van der Waals surface area contributed by atoms with E-state index in [1.807, 2.05) is 0 Å². The second-order valence-electron chi connectivity index (χ2n) is 0.781. The predicted molar refractivity (Wildman–Crippen MR) is 41.1 cm³/mol. The fraction of sp³-hybridized carbons (Fsp3) is 1.00. The molecule has 56 valence electrons.